The minimum atomic E-state index is -0.604. The van der Waals surface area contributed by atoms with Crippen molar-refractivity contribution in [2.75, 3.05) is 18.4 Å². The van der Waals surface area contributed by atoms with Gasteiger partial charge in [0.05, 0.1) is 6.10 Å². The van der Waals surface area contributed by atoms with Crippen LogP contribution >= 0.6 is 0 Å². The van der Waals surface area contributed by atoms with Gasteiger partial charge < -0.3 is 15.3 Å². The Labute approximate surface area is 144 Å². The fourth-order valence-corrected chi connectivity index (χ4v) is 3.29. The monoisotopic (exact) mass is 332 g/mol. The third kappa shape index (κ3) is 4.35. The fourth-order valence-electron chi connectivity index (χ4n) is 3.29. The Morgan fingerprint density at radius 2 is 2.00 bits per heavy atom. The quantitative estimate of drug-likeness (QED) is 0.832. The van der Waals surface area contributed by atoms with Gasteiger partial charge in [-0.2, -0.15) is 0 Å². The highest BCUT2D eigenvalue weighted by atomic mass is 16.3. The first-order valence-corrected chi connectivity index (χ1v) is 8.86. The van der Waals surface area contributed by atoms with Gasteiger partial charge in [0.15, 0.2) is 0 Å². The maximum Gasteiger partial charge on any atom is 0.313 e. The van der Waals surface area contributed by atoms with Gasteiger partial charge in [0.2, 0.25) is 0 Å². The number of nitrogens with one attached hydrogen (secondary N) is 1. The summed E-state index contributed by atoms with van der Waals surface area (Å²) in [5.74, 6) is -1.07. The summed E-state index contributed by atoms with van der Waals surface area (Å²) < 4.78 is 0. The molecule has 0 aromatic heterocycles. The summed E-state index contributed by atoms with van der Waals surface area (Å²) in [6, 6.07) is 5.79. The van der Waals surface area contributed by atoms with E-state index < -0.39 is 17.9 Å². The maximum absolute atomic E-state index is 12.4. The van der Waals surface area contributed by atoms with Crippen LogP contribution in [0.1, 0.15) is 44.7 Å². The zero-order valence-corrected chi connectivity index (χ0v) is 14.8. The van der Waals surface area contributed by atoms with Gasteiger partial charge in [-0.25, -0.2) is 0 Å². The average Bonchev–Trinajstić information content (AvgIpc) is 2.60. The van der Waals surface area contributed by atoms with Crippen LogP contribution in [0.4, 0.5) is 5.69 Å². The molecule has 2 N–H and O–H groups in total. The number of carbonyl (C=O) groups is 2. The summed E-state index contributed by atoms with van der Waals surface area (Å²) in [5.41, 5.74) is 3.11. The van der Waals surface area contributed by atoms with Crippen molar-refractivity contribution in [3.63, 3.8) is 0 Å². The second-order valence-corrected chi connectivity index (χ2v) is 6.54. The van der Waals surface area contributed by atoms with E-state index in [4.69, 9.17) is 0 Å². The van der Waals surface area contributed by atoms with E-state index in [9.17, 15) is 14.7 Å². The van der Waals surface area contributed by atoms with E-state index in [0.717, 1.165) is 25.7 Å². The molecule has 0 aliphatic carbocycles. The van der Waals surface area contributed by atoms with E-state index >= 15 is 0 Å². The van der Waals surface area contributed by atoms with E-state index in [-0.39, 0.29) is 5.92 Å². The van der Waals surface area contributed by atoms with Gasteiger partial charge in [0, 0.05) is 24.7 Å². The van der Waals surface area contributed by atoms with Crippen molar-refractivity contribution >= 4 is 17.5 Å². The zero-order valence-electron chi connectivity index (χ0n) is 14.8. The number of aryl methyl sites for hydroxylation is 2. The van der Waals surface area contributed by atoms with Crippen molar-refractivity contribution in [1.82, 2.24) is 4.90 Å². The molecule has 2 unspecified atom stereocenters. The second kappa shape index (κ2) is 8.29. The van der Waals surface area contributed by atoms with Crippen molar-refractivity contribution < 1.29 is 14.7 Å². The molecule has 1 aromatic carbocycles. The lowest BCUT2D eigenvalue weighted by Gasteiger charge is -2.33. The van der Waals surface area contributed by atoms with E-state index in [2.05, 4.69) is 19.2 Å². The van der Waals surface area contributed by atoms with Gasteiger partial charge in [-0.15, -0.1) is 0 Å². The van der Waals surface area contributed by atoms with Crippen molar-refractivity contribution in [2.24, 2.45) is 5.92 Å². The smallest absolute Gasteiger partial charge is 0.313 e. The molecular weight excluding hydrogens is 304 g/mol. The standard InChI is InChI=1S/C19H28N2O3/c1-4-14-8-9-17(11-15(14)5-2)20-18(23)19(24)21-10-6-7-16(12-21)13(3)22/h8-9,11,13,16,22H,4-7,10,12H2,1-3H3,(H,20,23). The molecule has 0 spiro atoms. The van der Waals surface area contributed by atoms with Crippen molar-refractivity contribution in [2.45, 2.75) is 52.6 Å². The SMILES string of the molecule is CCc1ccc(NC(=O)C(=O)N2CCCC(C(C)O)C2)cc1CC. The Morgan fingerprint density at radius 3 is 2.62 bits per heavy atom. The van der Waals surface area contributed by atoms with E-state index in [1.165, 1.54) is 11.1 Å². The van der Waals surface area contributed by atoms with E-state index in [0.29, 0.717) is 18.8 Å². The number of benzene rings is 1. The van der Waals surface area contributed by atoms with Gasteiger partial charge in [0.25, 0.3) is 0 Å². The minimum Gasteiger partial charge on any atom is -0.393 e. The van der Waals surface area contributed by atoms with Crippen LogP contribution in [-0.4, -0.2) is 41.0 Å². The highest BCUT2D eigenvalue weighted by molar-refractivity contribution is 6.39. The Kier molecular flexibility index (Phi) is 6.37. The van der Waals surface area contributed by atoms with Gasteiger partial charge in [-0.05, 0) is 55.9 Å². The van der Waals surface area contributed by atoms with E-state index in [1.807, 2.05) is 18.2 Å². The number of rotatable bonds is 4. The van der Waals surface area contributed by atoms with Crippen molar-refractivity contribution in [3.8, 4) is 0 Å². The largest absolute Gasteiger partial charge is 0.393 e. The lowest BCUT2D eigenvalue weighted by Crippen LogP contribution is -2.47. The molecule has 132 valence electrons. The topological polar surface area (TPSA) is 69.6 Å². The predicted octanol–water partition coefficient (Wildman–Crippen LogP) is 2.37. The zero-order chi connectivity index (χ0) is 17.7. The number of piperidine rings is 1. The fraction of sp³-hybridized carbons (Fsp3) is 0.579. The normalized spacial score (nSPS) is 19.0. The highest BCUT2D eigenvalue weighted by Gasteiger charge is 2.29. The minimum absolute atomic E-state index is 0.0473. The summed E-state index contributed by atoms with van der Waals surface area (Å²) in [4.78, 5) is 26.2. The lowest BCUT2D eigenvalue weighted by molar-refractivity contribution is -0.144. The first-order valence-electron chi connectivity index (χ1n) is 8.86. The number of likely N-dealkylation sites (tertiary alicyclic amines) is 1. The predicted molar refractivity (Wildman–Crippen MR) is 94.8 cm³/mol. The first kappa shape index (κ1) is 18.5. The van der Waals surface area contributed by atoms with Crippen LogP contribution in [0.5, 0.6) is 0 Å². The molecule has 5 nitrogen and oxygen atoms in total. The Bertz CT molecular complexity index is 598. The molecule has 2 amide bonds. The third-order valence-electron chi connectivity index (χ3n) is 4.85. The van der Waals surface area contributed by atoms with Crippen molar-refractivity contribution in [3.05, 3.63) is 29.3 Å². The molecule has 0 bridgehead atoms. The third-order valence-corrected chi connectivity index (χ3v) is 4.85. The number of hydrogen-bond donors (Lipinski definition) is 2. The van der Waals surface area contributed by atoms with Crippen LogP contribution < -0.4 is 5.32 Å². The molecule has 0 saturated carbocycles. The maximum atomic E-state index is 12.4. The number of amides is 2. The van der Waals surface area contributed by atoms with Gasteiger partial charge in [-0.3, -0.25) is 9.59 Å². The average molecular weight is 332 g/mol. The van der Waals surface area contributed by atoms with Crippen LogP contribution in [0, 0.1) is 5.92 Å². The summed E-state index contributed by atoms with van der Waals surface area (Å²) in [7, 11) is 0. The molecule has 2 rings (SSSR count). The first-order chi connectivity index (χ1) is 11.5. The molecule has 5 heteroatoms. The summed E-state index contributed by atoms with van der Waals surface area (Å²) in [6.07, 6.45) is 3.09. The molecule has 1 saturated heterocycles. The molecule has 1 fully saturated rings. The number of hydrogen-bond acceptors (Lipinski definition) is 3. The van der Waals surface area contributed by atoms with E-state index in [1.54, 1.807) is 11.8 Å². The molecule has 1 aromatic rings. The Balaban J connectivity index is 2.02. The van der Waals surface area contributed by atoms with Gasteiger partial charge in [0.1, 0.15) is 0 Å². The second-order valence-electron chi connectivity index (χ2n) is 6.54. The molecule has 1 aliphatic rings. The summed E-state index contributed by atoms with van der Waals surface area (Å²) in [6.45, 7) is 6.93. The number of carbonyl (C=O) groups excluding carboxylic acids is 2. The molecule has 24 heavy (non-hydrogen) atoms. The number of aliphatic hydroxyl groups is 1. The summed E-state index contributed by atoms with van der Waals surface area (Å²) in [5, 5.41) is 12.4. The lowest BCUT2D eigenvalue weighted by atomic mass is 9.93. The molecular formula is C19H28N2O3. The number of anilines is 1. The van der Waals surface area contributed by atoms with Crippen LogP contribution in [0.3, 0.4) is 0 Å². The molecule has 0 radical (unpaired) electrons. The van der Waals surface area contributed by atoms with Crippen LogP contribution in [0.25, 0.3) is 0 Å². The van der Waals surface area contributed by atoms with Crippen LogP contribution in [-0.2, 0) is 22.4 Å². The molecule has 1 heterocycles. The number of nitrogens with zero attached hydrogens (tertiary/aromatic N) is 1. The number of aliphatic hydroxyl groups excluding tert-OH is 1. The van der Waals surface area contributed by atoms with Gasteiger partial charge in [-0.1, -0.05) is 19.9 Å². The highest BCUT2D eigenvalue weighted by Crippen LogP contribution is 2.21. The molecule has 1 aliphatic heterocycles. The van der Waals surface area contributed by atoms with Crippen LogP contribution in [0.2, 0.25) is 0 Å². The Hall–Kier alpha value is -1.88. The van der Waals surface area contributed by atoms with Crippen LogP contribution in [0.15, 0.2) is 18.2 Å². The molecule has 2 atom stereocenters. The van der Waals surface area contributed by atoms with Gasteiger partial charge >= 0.3 is 11.8 Å². The Morgan fingerprint density at radius 1 is 1.29 bits per heavy atom. The van der Waals surface area contributed by atoms with Crippen molar-refractivity contribution in [1.29, 1.82) is 0 Å². The summed E-state index contributed by atoms with van der Waals surface area (Å²) >= 11 is 0.